The Kier molecular flexibility index (Phi) is 4.53. The lowest BCUT2D eigenvalue weighted by Gasteiger charge is -2.26. The van der Waals surface area contributed by atoms with Crippen LogP contribution in [-0.4, -0.2) is 50.5 Å². The summed E-state index contributed by atoms with van der Waals surface area (Å²) in [6, 6.07) is 7.21. The van der Waals surface area contributed by atoms with Crippen LogP contribution >= 0.6 is 0 Å². The molecule has 0 spiro atoms. The van der Waals surface area contributed by atoms with Crippen LogP contribution in [0.3, 0.4) is 0 Å². The van der Waals surface area contributed by atoms with Gasteiger partial charge in [0.25, 0.3) is 0 Å². The Morgan fingerprint density at radius 3 is 2.59 bits per heavy atom. The van der Waals surface area contributed by atoms with E-state index in [1.807, 2.05) is 12.1 Å². The van der Waals surface area contributed by atoms with Crippen molar-refractivity contribution in [1.82, 2.24) is 10.2 Å². The number of hydrogen-bond acceptors (Lipinski definition) is 4. The second kappa shape index (κ2) is 6.37. The van der Waals surface area contributed by atoms with Crippen molar-refractivity contribution in [3.8, 4) is 5.75 Å². The van der Waals surface area contributed by atoms with Gasteiger partial charge in [0.05, 0.1) is 0 Å². The number of carbonyl (C=O) groups excluding carboxylic acids is 1. The number of ether oxygens (including phenoxy) is 1. The second-order valence-corrected chi connectivity index (χ2v) is 4.13. The van der Waals surface area contributed by atoms with Crippen molar-refractivity contribution in [1.29, 1.82) is 0 Å². The molecule has 1 aromatic rings. The van der Waals surface area contributed by atoms with Gasteiger partial charge < -0.3 is 10.1 Å². The minimum atomic E-state index is 0.680. The fourth-order valence-electron chi connectivity index (χ4n) is 1.87. The van der Waals surface area contributed by atoms with E-state index in [2.05, 4.69) is 10.2 Å². The molecule has 1 aliphatic rings. The van der Waals surface area contributed by atoms with Crippen molar-refractivity contribution >= 4 is 6.29 Å². The first-order valence-corrected chi connectivity index (χ1v) is 5.99. The summed E-state index contributed by atoms with van der Waals surface area (Å²) in [4.78, 5) is 12.9. The van der Waals surface area contributed by atoms with Crippen molar-refractivity contribution < 1.29 is 9.53 Å². The number of piperazine rings is 1. The molecule has 4 heteroatoms. The molecule has 1 fully saturated rings. The molecule has 17 heavy (non-hydrogen) atoms. The van der Waals surface area contributed by atoms with Gasteiger partial charge in [0.1, 0.15) is 18.6 Å². The summed E-state index contributed by atoms with van der Waals surface area (Å²) in [5, 5.41) is 3.32. The number of carbonyl (C=O) groups is 1. The van der Waals surface area contributed by atoms with Crippen LogP contribution in [0.4, 0.5) is 0 Å². The van der Waals surface area contributed by atoms with Crippen LogP contribution < -0.4 is 10.1 Å². The number of hydrogen-bond donors (Lipinski definition) is 1. The number of rotatable bonds is 5. The molecule has 0 unspecified atom stereocenters. The summed E-state index contributed by atoms with van der Waals surface area (Å²) in [6.07, 6.45) is 0.838. The van der Waals surface area contributed by atoms with Crippen molar-refractivity contribution in [2.75, 3.05) is 39.3 Å². The number of nitrogens with one attached hydrogen (secondary N) is 1. The lowest BCUT2D eigenvalue weighted by Crippen LogP contribution is -2.44. The molecule has 0 amide bonds. The third kappa shape index (κ3) is 3.84. The molecule has 1 aliphatic heterocycles. The predicted molar refractivity (Wildman–Crippen MR) is 66.6 cm³/mol. The van der Waals surface area contributed by atoms with Crippen LogP contribution in [0.25, 0.3) is 0 Å². The normalized spacial score (nSPS) is 16.7. The molecule has 2 rings (SSSR count). The average Bonchev–Trinajstić information content (AvgIpc) is 2.41. The van der Waals surface area contributed by atoms with Gasteiger partial charge in [-0.15, -0.1) is 0 Å². The summed E-state index contributed by atoms with van der Waals surface area (Å²) >= 11 is 0. The predicted octanol–water partition coefficient (Wildman–Crippen LogP) is 0.783. The first-order valence-electron chi connectivity index (χ1n) is 5.99. The van der Waals surface area contributed by atoms with Crippen LogP contribution in [0.1, 0.15) is 10.4 Å². The Morgan fingerprint density at radius 1 is 1.24 bits per heavy atom. The van der Waals surface area contributed by atoms with E-state index < -0.39 is 0 Å². The van der Waals surface area contributed by atoms with Gasteiger partial charge in [-0.2, -0.15) is 0 Å². The van der Waals surface area contributed by atoms with Crippen molar-refractivity contribution in [2.45, 2.75) is 0 Å². The zero-order valence-electron chi connectivity index (χ0n) is 9.89. The van der Waals surface area contributed by atoms with E-state index in [9.17, 15) is 4.79 Å². The van der Waals surface area contributed by atoms with Crippen LogP contribution in [0.2, 0.25) is 0 Å². The SMILES string of the molecule is O=Cc1ccc(OCCN2CCNCC2)cc1. The summed E-state index contributed by atoms with van der Waals surface area (Å²) in [5.74, 6) is 0.825. The smallest absolute Gasteiger partial charge is 0.150 e. The Balaban J connectivity index is 1.71. The highest BCUT2D eigenvalue weighted by atomic mass is 16.5. The van der Waals surface area contributed by atoms with Gasteiger partial charge >= 0.3 is 0 Å². The fraction of sp³-hybridized carbons (Fsp3) is 0.462. The minimum absolute atomic E-state index is 0.680. The fourth-order valence-corrected chi connectivity index (χ4v) is 1.87. The molecule has 0 atom stereocenters. The third-order valence-electron chi connectivity index (χ3n) is 2.90. The van der Waals surface area contributed by atoms with Crippen molar-refractivity contribution in [2.24, 2.45) is 0 Å². The second-order valence-electron chi connectivity index (χ2n) is 4.13. The molecule has 0 aromatic heterocycles. The molecule has 0 saturated carbocycles. The Bertz CT molecular complexity index is 345. The highest BCUT2D eigenvalue weighted by Crippen LogP contribution is 2.10. The average molecular weight is 234 g/mol. The standard InChI is InChI=1S/C13H18N2O2/c16-11-12-1-3-13(4-2-12)17-10-9-15-7-5-14-6-8-15/h1-4,11,14H,5-10H2. The summed E-state index contributed by atoms with van der Waals surface area (Å²) in [5.41, 5.74) is 0.680. The van der Waals surface area contributed by atoms with Crippen LogP contribution in [-0.2, 0) is 0 Å². The van der Waals surface area contributed by atoms with Gasteiger partial charge in [0.15, 0.2) is 0 Å². The Hall–Kier alpha value is -1.39. The van der Waals surface area contributed by atoms with Crippen molar-refractivity contribution in [3.63, 3.8) is 0 Å². The lowest BCUT2D eigenvalue weighted by molar-refractivity contribution is 0.112. The van der Waals surface area contributed by atoms with E-state index in [0.29, 0.717) is 12.2 Å². The molecule has 1 N–H and O–H groups in total. The zero-order chi connectivity index (χ0) is 11.9. The molecule has 4 nitrogen and oxygen atoms in total. The maximum Gasteiger partial charge on any atom is 0.150 e. The molecule has 92 valence electrons. The summed E-state index contributed by atoms with van der Waals surface area (Å²) in [6.45, 7) is 5.96. The van der Waals surface area contributed by atoms with E-state index in [0.717, 1.165) is 44.8 Å². The molecular weight excluding hydrogens is 216 g/mol. The highest BCUT2D eigenvalue weighted by Gasteiger charge is 2.08. The van der Waals surface area contributed by atoms with Gasteiger partial charge in [-0.25, -0.2) is 0 Å². The topological polar surface area (TPSA) is 41.6 Å². The van der Waals surface area contributed by atoms with Crippen LogP contribution in [0.15, 0.2) is 24.3 Å². The van der Waals surface area contributed by atoms with Crippen LogP contribution in [0.5, 0.6) is 5.75 Å². The Labute approximate surface area is 102 Å². The van der Waals surface area contributed by atoms with E-state index in [4.69, 9.17) is 4.74 Å². The summed E-state index contributed by atoms with van der Waals surface area (Å²) in [7, 11) is 0. The molecule has 0 radical (unpaired) electrons. The molecular formula is C13H18N2O2. The molecule has 1 saturated heterocycles. The highest BCUT2D eigenvalue weighted by molar-refractivity contribution is 5.74. The largest absolute Gasteiger partial charge is 0.492 e. The minimum Gasteiger partial charge on any atom is -0.492 e. The third-order valence-corrected chi connectivity index (χ3v) is 2.90. The van der Waals surface area contributed by atoms with E-state index in [1.165, 1.54) is 0 Å². The monoisotopic (exact) mass is 234 g/mol. The molecule has 1 heterocycles. The number of aldehydes is 1. The summed E-state index contributed by atoms with van der Waals surface area (Å²) < 4.78 is 5.63. The van der Waals surface area contributed by atoms with E-state index in [1.54, 1.807) is 12.1 Å². The maximum atomic E-state index is 10.5. The molecule has 0 bridgehead atoms. The lowest BCUT2D eigenvalue weighted by atomic mass is 10.2. The van der Waals surface area contributed by atoms with Gasteiger partial charge in [-0.1, -0.05) is 0 Å². The van der Waals surface area contributed by atoms with Gasteiger partial charge in [-0.3, -0.25) is 9.69 Å². The first kappa shape index (κ1) is 12.1. The van der Waals surface area contributed by atoms with Gasteiger partial charge in [-0.05, 0) is 24.3 Å². The molecule has 1 aromatic carbocycles. The van der Waals surface area contributed by atoms with Crippen molar-refractivity contribution in [3.05, 3.63) is 29.8 Å². The van der Waals surface area contributed by atoms with E-state index in [-0.39, 0.29) is 0 Å². The van der Waals surface area contributed by atoms with E-state index >= 15 is 0 Å². The number of nitrogens with zero attached hydrogens (tertiary/aromatic N) is 1. The maximum absolute atomic E-state index is 10.5. The van der Waals surface area contributed by atoms with Gasteiger partial charge in [0, 0.05) is 38.3 Å². The molecule has 0 aliphatic carbocycles. The quantitative estimate of drug-likeness (QED) is 0.765. The Morgan fingerprint density at radius 2 is 1.94 bits per heavy atom. The van der Waals surface area contributed by atoms with Gasteiger partial charge in [0.2, 0.25) is 0 Å². The van der Waals surface area contributed by atoms with Crippen LogP contribution in [0, 0.1) is 0 Å². The zero-order valence-corrected chi connectivity index (χ0v) is 9.89. The number of benzene rings is 1. The first-order chi connectivity index (χ1) is 8.38.